The molecule has 1 aliphatic rings. The van der Waals surface area contributed by atoms with E-state index in [1.165, 1.54) is 19.2 Å². The number of nitrogens with zero attached hydrogens (tertiary/aromatic N) is 1. The number of aldehydes is 2. The van der Waals surface area contributed by atoms with E-state index in [0.717, 1.165) is 5.01 Å². The minimum atomic E-state index is -1.26. The fourth-order valence-corrected chi connectivity index (χ4v) is 3.46. The first kappa shape index (κ1) is 26.5. The Morgan fingerprint density at radius 1 is 1.21 bits per heavy atom. The number of carboxylic acids is 1. The first-order chi connectivity index (χ1) is 16.3. The third-order valence-corrected chi connectivity index (χ3v) is 5.20. The number of carbonyl (C=O) groups excluding carboxylic acids is 5. The lowest BCUT2D eigenvalue weighted by molar-refractivity contribution is -0.149. The summed E-state index contributed by atoms with van der Waals surface area (Å²) in [7, 11) is 1.49. The molecule has 0 bridgehead atoms. The predicted octanol–water partition coefficient (Wildman–Crippen LogP) is -0.573. The molecule has 0 saturated carbocycles. The van der Waals surface area contributed by atoms with E-state index in [-0.39, 0.29) is 24.8 Å². The molecule has 3 amide bonds. The molecule has 12 nitrogen and oxygen atoms in total. The van der Waals surface area contributed by atoms with E-state index in [0.29, 0.717) is 31.3 Å². The lowest BCUT2D eigenvalue weighted by Gasteiger charge is -2.37. The van der Waals surface area contributed by atoms with Crippen molar-refractivity contribution in [3.8, 4) is 5.75 Å². The number of benzene rings is 1. The summed E-state index contributed by atoms with van der Waals surface area (Å²) in [6.07, 6.45) is 1.15. The number of hydrogen-bond acceptors (Lipinski definition) is 8. The van der Waals surface area contributed by atoms with Crippen molar-refractivity contribution in [1.29, 1.82) is 0 Å². The SMILES string of the molecule is COc1ccc(C(=O)N[C@@H](CCC=O)C(=O)N2NCCC[C@H]2C(=O)N[C@H](C=O)CC(=O)O)cc1. The van der Waals surface area contributed by atoms with E-state index in [1.807, 2.05) is 0 Å². The maximum absolute atomic E-state index is 13.3. The number of ether oxygens (including phenoxy) is 1. The third-order valence-electron chi connectivity index (χ3n) is 5.20. The minimum Gasteiger partial charge on any atom is -0.497 e. The first-order valence-electron chi connectivity index (χ1n) is 10.7. The molecule has 0 unspecified atom stereocenters. The highest BCUT2D eigenvalue weighted by atomic mass is 16.5. The fourth-order valence-electron chi connectivity index (χ4n) is 3.46. The van der Waals surface area contributed by atoms with Crippen LogP contribution in [0.2, 0.25) is 0 Å². The van der Waals surface area contributed by atoms with Gasteiger partial charge in [-0.2, -0.15) is 0 Å². The van der Waals surface area contributed by atoms with Crippen molar-refractivity contribution in [2.75, 3.05) is 13.7 Å². The van der Waals surface area contributed by atoms with E-state index >= 15 is 0 Å². The Kier molecular flexibility index (Phi) is 10.1. The predicted molar refractivity (Wildman–Crippen MR) is 118 cm³/mol. The van der Waals surface area contributed by atoms with Gasteiger partial charge in [0.2, 0.25) is 5.91 Å². The Morgan fingerprint density at radius 2 is 1.91 bits per heavy atom. The van der Waals surface area contributed by atoms with Gasteiger partial charge in [0, 0.05) is 18.5 Å². The number of nitrogens with one attached hydrogen (secondary N) is 3. The summed E-state index contributed by atoms with van der Waals surface area (Å²) in [5.41, 5.74) is 3.10. The van der Waals surface area contributed by atoms with Crippen molar-refractivity contribution >= 4 is 36.3 Å². The highest BCUT2D eigenvalue weighted by molar-refractivity contribution is 5.98. The Labute approximate surface area is 196 Å². The number of methoxy groups -OCH3 is 1. The van der Waals surface area contributed by atoms with Crippen molar-refractivity contribution < 1.29 is 38.6 Å². The number of hydrazine groups is 1. The quantitative estimate of drug-likeness (QED) is 0.288. The molecule has 3 atom stereocenters. The van der Waals surface area contributed by atoms with Gasteiger partial charge in [0.15, 0.2) is 0 Å². The average Bonchev–Trinajstić information content (AvgIpc) is 2.85. The van der Waals surface area contributed by atoms with Gasteiger partial charge in [-0.1, -0.05) is 0 Å². The molecule has 1 heterocycles. The van der Waals surface area contributed by atoms with Crippen molar-refractivity contribution in [2.45, 2.75) is 50.2 Å². The molecule has 34 heavy (non-hydrogen) atoms. The second-order valence-electron chi connectivity index (χ2n) is 7.62. The van der Waals surface area contributed by atoms with E-state index < -0.39 is 48.2 Å². The zero-order valence-corrected chi connectivity index (χ0v) is 18.7. The summed E-state index contributed by atoms with van der Waals surface area (Å²) >= 11 is 0. The summed E-state index contributed by atoms with van der Waals surface area (Å²) < 4.78 is 5.06. The Balaban J connectivity index is 2.17. The first-order valence-corrected chi connectivity index (χ1v) is 10.7. The summed E-state index contributed by atoms with van der Waals surface area (Å²) in [6, 6.07) is 2.83. The molecule has 0 aromatic heterocycles. The number of carbonyl (C=O) groups is 6. The van der Waals surface area contributed by atoms with E-state index in [9.17, 15) is 28.8 Å². The van der Waals surface area contributed by atoms with Crippen LogP contribution in [-0.2, 0) is 24.0 Å². The van der Waals surface area contributed by atoms with Crippen LogP contribution in [0.1, 0.15) is 42.5 Å². The number of hydrogen-bond donors (Lipinski definition) is 4. The lowest BCUT2D eigenvalue weighted by Crippen LogP contribution is -2.63. The number of carboxylic acid groups (broad SMARTS) is 1. The van der Waals surface area contributed by atoms with Crippen LogP contribution in [0.4, 0.5) is 0 Å². The highest BCUT2D eigenvalue weighted by Gasteiger charge is 2.37. The van der Waals surface area contributed by atoms with Gasteiger partial charge in [-0.15, -0.1) is 0 Å². The third kappa shape index (κ3) is 7.37. The summed E-state index contributed by atoms with van der Waals surface area (Å²) in [4.78, 5) is 71.7. The molecule has 1 aromatic rings. The molecule has 0 aliphatic carbocycles. The van der Waals surface area contributed by atoms with Gasteiger partial charge < -0.3 is 30.1 Å². The normalized spacial score (nSPS) is 17.1. The highest BCUT2D eigenvalue weighted by Crippen LogP contribution is 2.16. The van der Waals surface area contributed by atoms with Gasteiger partial charge in [0.1, 0.15) is 30.4 Å². The summed E-state index contributed by atoms with van der Waals surface area (Å²) in [6.45, 7) is 0.384. The van der Waals surface area contributed by atoms with Gasteiger partial charge in [0.25, 0.3) is 11.8 Å². The van der Waals surface area contributed by atoms with Gasteiger partial charge in [-0.05, 0) is 43.5 Å². The second kappa shape index (κ2) is 13.0. The van der Waals surface area contributed by atoms with Gasteiger partial charge in [-0.25, -0.2) is 5.43 Å². The maximum atomic E-state index is 13.3. The van der Waals surface area contributed by atoms with Crippen molar-refractivity contribution in [3.05, 3.63) is 29.8 Å². The molecular weight excluding hydrogens is 448 g/mol. The molecule has 184 valence electrons. The Bertz CT molecular complexity index is 905. The van der Waals surface area contributed by atoms with Crippen molar-refractivity contribution in [3.63, 3.8) is 0 Å². The summed E-state index contributed by atoms with van der Waals surface area (Å²) in [5.74, 6) is -2.60. The molecule has 1 fully saturated rings. The molecule has 12 heteroatoms. The van der Waals surface area contributed by atoms with Crippen molar-refractivity contribution in [2.24, 2.45) is 0 Å². The molecule has 1 aromatic carbocycles. The smallest absolute Gasteiger partial charge is 0.305 e. The van der Waals surface area contributed by atoms with Crippen LogP contribution in [-0.4, -0.2) is 78.2 Å². The minimum absolute atomic E-state index is 0.00414. The lowest BCUT2D eigenvalue weighted by atomic mass is 10.0. The number of aliphatic carboxylic acids is 1. The number of amides is 3. The second-order valence-corrected chi connectivity index (χ2v) is 7.62. The van der Waals surface area contributed by atoms with Crippen molar-refractivity contribution in [1.82, 2.24) is 21.1 Å². The van der Waals surface area contributed by atoms with E-state index in [4.69, 9.17) is 9.84 Å². The largest absolute Gasteiger partial charge is 0.497 e. The average molecular weight is 476 g/mol. The Morgan fingerprint density at radius 3 is 2.50 bits per heavy atom. The summed E-state index contributed by atoms with van der Waals surface area (Å²) in [5, 5.41) is 14.9. The molecule has 1 saturated heterocycles. The van der Waals surface area contributed by atoms with E-state index in [2.05, 4.69) is 16.1 Å². The molecule has 0 spiro atoms. The fraction of sp³-hybridized carbons (Fsp3) is 0.455. The van der Waals surface area contributed by atoms with Crippen LogP contribution in [0.5, 0.6) is 5.75 Å². The molecule has 2 rings (SSSR count). The zero-order chi connectivity index (χ0) is 25.1. The van der Waals surface area contributed by atoms with Crippen LogP contribution in [0.3, 0.4) is 0 Å². The Hall–Kier alpha value is -3.80. The van der Waals surface area contributed by atoms with Crippen LogP contribution in [0, 0.1) is 0 Å². The van der Waals surface area contributed by atoms with E-state index in [1.54, 1.807) is 12.1 Å². The molecule has 1 aliphatic heterocycles. The van der Waals surface area contributed by atoms with Gasteiger partial charge >= 0.3 is 5.97 Å². The maximum Gasteiger partial charge on any atom is 0.305 e. The number of rotatable bonds is 12. The van der Waals surface area contributed by atoms with Gasteiger partial charge in [-0.3, -0.25) is 24.2 Å². The van der Waals surface area contributed by atoms with Gasteiger partial charge in [0.05, 0.1) is 19.6 Å². The topological polar surface area (TPSA) is 171 Å². The van der Waals surface area contributed by atoms with Crippen LogP contribution < -0.4 is 20.8 Å². The van der Waals surface area contributed by atoms with Crippen LogP contribution >= 0.6 is 0 Å². The zero-order valence-electron chi connectivity index (χ0n) is 18.7. The molecular formula is C22H28N4O8. The molecule has 0 radical (unpaired) electrons. The molecule has 4 N–H and O–H groups in total. The standard InChI is InChI=1S/C22H28N4O8/c1-34-16-8-6-14(7-9-16)20(31)25-17(4-3-11-27)22(33)26-18(5-2-10-23-26)21(32)24-15(13-28)12-19(29)30/h6-9,11,13,15,17-18,23H,2-5,10,12H2,1H3,(H,24,32)(H,25,31)(H,29,30)/t15-,17-,18-/m0/s1. The van der Waals surface area contributed by atoms with Crippen LogP contribution in [0.25, 0.3) is 0 Å². The monoisotopic (exact) mass is 476 g/mol. The van der Waals surface area contributed by atoms with Crippen LogP contribution in [0.15, 0.2) is 24.3 Å².